The van der Waals surface area contributed by atoms with Gasteiger partial charge in [0.1, 0.15) is 18.2 Å². The highest BCUT2D eigenvalue weighted by Gasteiger charge is 2.13. The molecule has 2 N–H and O–H groups in total. The summed E-state index contributed by atoms with van der Waals surface area (Å²) < 4.78 is 27.9. The molecule has 1 amide bonds. The molecule has 2 aromatic carbocycles. The van der Waals surface area contributed by atoms with E-state index in [1.807, 2.05) is 0 Å². The lowest BCUT2D eigenvalue weighted by Gasteiger charge is -2.15. The number of aryl methyl sites for hydroxylation is 3. The molecule has 0 atom stereocenters. The van der Waals surface area contributed by atoms with Crippen molar-refractivity contribution in [2.24, 2.45) is 0 Å². The zero-order valence-corrected chi connectivity index (χ0v) is 16.2. The molecule has 6 nitrogen and oxygen atoms in total. The van der Waals surface area contributed by atoms with E-state index in [4.69, 9.17) is 0 Å². The quantitative estimate of drug-likeness (QED) is 0.685. The van der Waals surface area contributed by atoms with E-state index in [9.17, 15) is 18.4 Å². The molecule has 8 heteroatoms. The molecule has 150 valence electrons. The lowest BCUT2D eigenvalue weighted by atomic mass is 10.2. The molecular weight excluding hydrogens is 378 g/mol. The first-order valence-corrected chi connectivity index (χ1v) is 8.90. The molecule has 29 heavy (non-hydrogen) atoms. The summed E-state index contributed by atoms with van der Waals surface area (Å²) in [5.41, 5.74) is 2.04. The van der Waals surface area contributed by atoms with E-state index < -0.39 is 17.3 Å². The molecule has 3 rings (SSSR count). The first-order valence-electron chi connectivity index (χ1n) is 8.90. The smallest absolute Gasteiger partial charge is 0.255 e. The van der Waals surface area contributed by atoms with Crippen LogP contribution < -0.4 is 16.2 Å². The van der Waals surface area contributed by atoms with Crippen molar-refractivity contribution in [3.05, 3.63) is 81.3 Å². The number of benzene rings is 2. The monoisotopic (exact) mass is 398 g/mol. The van der Waals surface area contributed by atoms with Gasteiger partial charge in [0.15, 0.2) is 0 Å². The standard InChI is InChI=1S/C21H20F2N4O2/c1-12-9-16(5-6-17(12)23)25-21-24-14(3)10-20(29)27(21)11-19(28)26-18-7-4-15(22)8-13(18)2/h4-10H,11H2,1-3H3,(H,24,25)(H,26,28). The summed E-state index contributed by atoms with van der Waals surface area (Å²) in [6, 6.07) is 9.72. The molecule has 0 aliphatic heterocycles. The molecule has 0 bridgehead atoms. The van der Waals surface area contributed by atoms with Crippen molar-refractivity contribution in [3.63, 3.8) is 0 Å². The zero-order valence-electron chi connectivity index (χ0n) is 16.2. The Morgan fingerprint density at radius 3 is 2.48 bits per heavy atom. The normalized spacial score (nSPS) is 10.7. The Bertz CT molecular complexity index is 1140. The van der Waals surface area contributed by atoms with E-state index in [0.29, 0.717) is 28.2 Å². The Morgan fingerprint density at radius 2 is 1.79 bits per heavy atom. The first-order chi connectivity index (χ1) is 13.7. The second-order valence-electron chi connectivity index (χ2n) is 6.74. The highest BCUT2D eigenvalue weighted by atomic mass is 19.1. The van der Waals surface area contributed by atoms with E-state index in [-0.39, 0.29) is 18.3 Å². The van der Waals surface area contributed by atoms with E-state index in [1.54, 1.807) is 26.8 Å². The van der Waals surface area contributed by atoms with Crippen LogP contribution in [0.2, 0.25) is 0 Å². The topological polar surface area (TPSA) is 76.0 Å². The number of nitrogens with zero attached hydrogens (tertiary/aromatic N) is 2. The summed E-state index contributed by atoms with van der Waals surface area (Å²) >= 11 is 0. The maximum Gasteiger partial charge on any atom is 0.255 e. The largest absolute Gasteiger partial charge is 0.326 e. The molecule has 0 radical (unpaired) electrons. The van der Waals surface area contributed by atoms with Gasteiger partial charge in [-0.3, -0.25) is 14.2 Å². The van der Waals surface area contributed by atoms with Gasteiger partial charge in [0.2, 0.25) is 11.9 Å². The number of nitrogens with one attached hydrogen (secondary N) is 2. The number of halogens is 2. The Labute approximate surface area is 166 Å². The highest BCUT2D eigenvalue weighted by molar-refractivity contribution is 5.91. The minimum atomic E-state index is -0.467. The fourth-order valence-electron chi connectivity index (χ4n) is 2.82. The number of carbonyl (C=O) groups is 1. The van der Waals surface area contributed by atoms with Crippen LogP contribution in [-0.4, -0.2) is 15.5 Å². The van der Waals surface area contributed by atoms with Crippen LogP contribution in [0, 0.1) is 32.4 Å². The number of carbonyl (C=O) groups excluding carboxylic acids is 1. The zero-order chi connectivity index (χ0) is 21.1. The number of amides is 1. The van der Waals surface area contributed by atoms with Gasteiger partial charge in [0, 0.05) is 23.1 Å². The van der Waals surface area contributed by atoms with Crippen molar-refractivity contribution in [1.82, 2.24) is 9.55 Å². The third-order valence-corrected chi connectivity index (χ3v) is 4.31. The second kappa shape index (κ2) is 8.22. The lowest BCUT2D eigenvalue weighted by Crippen LogP contribution is -2.30. The first kappa shape index (κ1) is 20.2. The van der Waals surface area contributed by atoms with Crippen molar-refractivity contribution >= 4 is 23.2 Å². The Hall–Kier alpha value is -3.55. The summed E-state index contributed by atoms with van der Waals surface area (Å²) in [6.45, 7) is 4.65. The van der Waals surface area contributed by atoms with Gasteiger partial charge in [-0.05, 0) is 68.3 Å². The van der Waals surface area contributed by atoms with E-state index in [2.05, 4.69) is 15.6 Å². The molecule has 0 spiro atoms. The fraction of sp³-hybridized carbons (Fsp3) is 0.190. The Balaban J connectivity index is 1.87. The summed E-state index contributed by atoms with van der Waals surface area (Å²) in [5, 5.41) is 5.63. The number of rotatable bonds is 5. The Kier molecular flexibility index (Phi) is 5.72. The number of anilines is 3. The minimum Gasteiger partial charge on any atom is -0.326 e. The summed E-state index contributed by atoms with van der Waals surface area (Å²) in [5.74, 6) is -1.06. The van der Waals surface area contributed by atoms with Gasteiger partial charge >= 0.3 is 0 Å². The van der Waals surface area contributed by atoms with Crippen LogP contribution in [0.4, 0.5) is 26.1 Å². The van der Waals surface area contributed by atoms with Crippen molar-refractivity contribution in [2.75, 3.05) is 10.6 Å². The van der Waals surface area contributed by atoms with Crippen molar-refractivity contribution in [3.8, 4) is 0 Å². The SMILES string of the molecule is Cc1cc(=O)n(CC(=O)Nc2ccc(F)cc2C)c(Nc2ccc(F)c(C)c2)n1. The van der Waals surface area contributed by atoms with Crippen molar-refractivity contribution in [2.45, 2.75) is 27.3 Å². The molecule has 0 aliphatic carbocycles. The molecule has 0 saturated heterocycles. The summed E-state index contributed by atoms with van der Waals surface area (Å²) in [7, 11) is 0. The van der Waals surface area contributed by atoms with Crippen LogP contribution in [0.3, 0.4) is 0 Å². The third kappa shape index (κ3) is 4.84. The molecule has 0 aliphatic rings. The van der Waals surface area contributed by atoms with Gasteiger partial charge in [-0.25, -0.2) is 13.8 Å². The fourth-order valence-corrected chi connectivity index (χ4v) is 2.82. The second-order valence-corrected chi connectivity index (χ2v) is 6.74. The van der Waals surface area contributed by atoms with Crippen LogP contribution in [0.25, 0.3) is 0 Å². The molecule has 1 aromatic heterocycles. The van der Waals surface area contributed by atoms with E-state index >= 15 is 0 Å². The van der Waals surface area contributed by atoms with Gasteiger partial charge < -0.3 is 10.6 Å². The number of hydrogen-bond acceptors (Lipinski definition) is 4. The maximum absolute atomic E-state index is 13.5. The molecule has 3 aromatic rings. The van der Waals surface area contributed by atoms with Crippen LogP contribution in [0.1, 0.15) is 16.8 Å². The summed E-state index contributed by atoms with van der Waals surface area (Å²) in [4.78, 5) is 29.3. The predicted molar refractivity (Wildman–Crippen MR) is 107 cm³/mol. The van der Waals surface area contributed by atoms with Crippen molar-refractivity contribution < 1.29 is 13.6 Å². The maximum atomic E-state index is 13.5. The Morgan fingerprint density at radius 1 is 1.03 bits per heavy atom. The molecule has 0 saturated carbocycles. The average molecular weight is 398 g/mol. The van der Waals surface area contributed by atoms with Gasteiger partial charge in [-0.2, -0.15) is 0 Å². The molecular formula is C21H20F2N4O2. The van der Waals surface area contributed by atoms with Crippen LogP contribution in [-0.2, 0) is 11.3 Å². The summed E-state index contributed by atoms with van der Waals surface area (Å²) in [6.07, 6.45) is 0. The number of aromatic nitrogens is 2. The third-order valence-electron chi connectivity index (χ3n) is 4.31. The molecule has 0 fully saturated rings. The van der Waals surface area contributed by atoms with Gasteiger partial charge in [0.25, 0.3) is 5.56 Å². The molecule has 1 heterocycles. The lowest BCUT2D eigenvalue weighted by molar-refractivity contribution is -0.116. The van der Waals surface area contributed by atoms with Gasteiger partial charge in [-0.15, -0.1) is 0 Å². The average Bonchev–Trinajstić information content (AvgIpc) is 2.63. The van der Waals surface area contributed by atoms with E-state index in [0.717, 1.165) is 0 Å². The van der Waals surface area contributed by atoms with Crippen molar-refractivity contribution in [1.29, 1.82) is 0 Å². The van der Waals surface area contributed by atoms with Gasteiger partial charge in [0.05, 0.1) is 0 Å². The number of hydrogen-bond donors (Lipinski definition) is 2. The minimum absolute atomic E-state index is 0.159. The van der Waals surface area contributed by atoms with Crippen LogP contribution >= 0.6 is 0 Å². The van der Waals surface area contributed by atoms with Gasteiger partial charge in [-0.1, -0.05) is 0 Å². The predicted octanol–water partition coefficient (Wildman–Crippen LogP) is 3.83. The van der Waals surface area contributed by atoms with E-state index in [1.165, 1.54) is 41.0 Å². The molecule has 0 unspecified atom stereocenters. The van der Waals surface area contributed by atoms with Crippen LogP contribution in [0.15, 0.2) is 47.3 Å². The van der Waals surface area contributed by atoms with Crippen LogP contribution in [0.5, 0.6) is 0 Å². The highest BCUT2D eigenvalue weighted by Crippen LogP contribution is 2.19.